The lowest BCUT2D eigenvalue weighted by atomic mass is 10.4. The van der Waals surface area contributed by atoms with Crippen molar-refractivity contribution in [2.75, 3.05) is 0 Å². The molecule has 0 radical (unpaired) electrons. The van der Waals surface area contributed by atoms with Crippen molar-refractivity contribution in [3.8, 4) is 0 Å². The van der Waals surface area contributed by atoms with Gasteiger partial charge in [-0.05, 0) is 12.1 Å². The van der Waals surface area contributed by atoms with Gasteiger partial charge in [0.05, 0.1) is 5.57 Å². The summed E-state index contributed by atoms with van der Waals surface area (Å²) < 4.78 is 0. The van der Waals surface area contributed by atoms with E-state index in [0.717, 1.165) is 0 Å². The summed E-state index contributed by atoms with van der Waals surface area (Å²) in [6.07, 6.45) is 0. The van der Waals surface area contributed by atoms with E-state index in [9.17, 15) is 4.79 Å². The Bertz CT molecular complexity index is 155. The van der Waals surface area contributed by atoms with E-state index < -0.39 is 5.97 Å². The highest BCUT2D eigenvalue weighted by Crippen LogP contribution is 1.81. The largest absolute Gasteiger partial charge is 0.477 e. The van der Waals surface area contributed by atoms with E-state index in [1.165, 1.54) is 6.92 Å². The molecule has 0 saturated carbocycles. The molecule has 0 aromatic rings. The molecule has 0 amide bonds. The molecular formula is C4H5NO3. The summed E-state index contributed by atoms with van der Waals surface area (Å²) in [5.41, 5.74) is -0.118. The third kappa shape index (κ3) is 2.00. The van der Waals surface area contributed by atoms with Crippen LogP contribution in [0.5, 0.6) is 0 Å². The highest BCUT2D eigenvalue weighted by atomic mass is 16.4. The molecule has 4 heteroatoms. The summed E-state index contributed by atoms with van der Waals surface area (Å²) in [5.74, 6) is 0.706. The molecule has 4 nitrogen and oxygen atoms in total. The maximum Gasteiger partial charge on any atom is 0.340 e. The lowest BCUT2D eigenvalue weighted by molar-refractivity contribution is -0.132. The van der Waals surface area contributed by atoms with Crippen molar-refractivity contribution in [3.63, 3.8) is 0 Å². The highest BCUT2D eigenvalue weighted by molar-refractivity contribution is 5.95. The first kappa shape index (κ1) is 6.72. The zero-order valence-corrected chi connectivity index (χ0v) is 4.25. The van der Waals surface area contributed by atoms with Gasteiger partial charge < -0.3 is 10.3 Å². The Balaban J connectivity index is 4.24. The molecule has 0 aliphatic rings. The summed E-state index contributed by atoms with van der Waals surface area (Å²) in [7, 11) is 0. The van der Waals surface area contributed by atoms with Gasteiger partial charge in [0.25, 0.3) is 0 Å². The molecule has 0 atom stereocenters. The topological polar surface area (TPSA) is 69.9 Å². The first-order chi connectivity index (χ1) is 3.68. The van der Waals surface area contributed by atoms with Gasteiger partial charge in [-0.1, -0.05) is 0 Å². The quantitative estimate of drug-likeness (QED) is 0.220. The van der Waals surface area contributed by atoms with Gasteiger partial charge in [0, 0.05) is 5.87 Å². The second-order valence-corrected chi connectivity index (χ2v) is 1.14. The Hall–Kier alpha value is -1.28. The predicted octanol–water partition coefficient (Wildman–Crippen LogP) is 0.0762. The van der Waals surface area contributed by atoms with Crippen LogP contribution in [0.1, 0.15) is 6.92 Å². The number of hydrogen-bond acceptors (Lipinski definition) is 3. The molecule has 0 aliphatic heterocycles. The zero-order chi connectivity index (χ0) is 6.57. The highest BCUT2D eigenvalue weighted by Gasteiger charge is 1.95. The predicted molar refractivity (Wildman–Crippen MR) is 26.0 cm³/mol. The molecular weight excluding hydrogens is 110 g/mol. The molecule has 0 spiro atoms. The van der Waals surface area contributed by atoms with Gasteiger partial charge in [-0.15, -0.1) is 0 Å². The molecule has 8 heavy (non-hydrogen) atoms. The van der Waals surface area contributed by atoms with Crippen molar-refractivity contribution in [3.05, 3.63) is 5.57 Å². The van der Waals surface area contributed by atoms with Crippen LogP contribution in [-0.4, -0.2) is 22.2 Å². The average molecular weight is 115 g/mol. The SMILES string of the molecule is CC(=C=NO)C(=O)O. The number of aliphatic carboxylic acids is 1. The number of carboxylic acid groups (broad SMARTS) is 1. The Morgan fingerprint density at radius 1 is 1.75 bits per heavy atom. The summed E-state index contributed by atoms with van der Waals surface area (Å²) in [4.78, 5) is 9.82. The van der Waals surface area contributed by atoms with Crippen LogP contribution in [0.2, 0.25) is 0 Å². The van der Waals surface area contributed by atoms with Crippen molar-refractivity contribution in [2.24, 2.45) is 5.16 Å². The molecule has 2 N–H and O–H groups in total. The van der Waals surface area contributed by atoms with E-state index in [1.54, 1.807) is 0 Å². The zero-order valence-electron chi connectivity index (χ0n) is 4.25. The first-order valence-electron chi connectivity index (χ1n) is 1.85. The van der Waals surface area contributed by atoms with Crippen LogP contribution in [0, 0.1) is 0 Å². The van der Waals surface area contributed by atoms with Crippen molar-refractivity contribution in [2.45, 2.75) is 6.92 Å². The van der Waals surface area contributed by atoms with Gasteiger partial charge in [0.2, 0.25) is 0 Å². The van der Waals surface area contributed by atoms with Crippen molar-refractivity contribution in [1.29, 1.82) is 0 Å². The summed E-state index contributed by atoms with van der Waals surface area (Å²) in [6, 6.07) is 0. The summed E-state index contributed by atoms with van der Waals surface area (Å²) in [6.45, 7) is 1.28. The number of carboxylic acids is 1. The van der Waals surface area contributed by atoms with E-state index in [4.69, 9.17) is 10.3 Å². The molecule has 0 aliphatic carbocycles. The fourth-order valence-electron chi connectivity index (χ4n) is 0.123. The van der Waals surface area contributed by atoms with Crippen LogP contribution in [0.3, 0.4) is 0 Å². The van der Waals surface area contributed by atoms with Crippen molar-refractivity contribution in [1.82, 2.24) is 0 Å². The molecule has 0 aromatic carbocycles. The average Bonchev–Trinajstić information content (AvgIpc) is 1.67. The fourth-order valence-corrected chi connectivity index (χ4v) is 0.123. The normalized spacial score (nSPS) is 7.12. The third-order valence-corrected chi connectivity index (χ3v) is 0.539. The third-order valence-electron chi connectivity index (χ3n) is 0.539. The molecule has 0 unspecified atom stereocenters. The van der Waals surface area contributed by atoms with Gasteiger partial charge in [-0.3, -0.25) is 0 Å². The van der Waals surface area contributed by atoms with Crippen molar-refractivity contribution < 1.29 is 15.1 Å². The number of hydrogen-bond donors (Lipinski definition) is 2. The van der Waals surface area contributed by atoms with Gasteiger partial charge in [0.15, 0.2) is 0 Å². The first-order valence-corrected chi connectivity index (χ1v) is 1.85. The van der Waals surface area contributed by atoms with E-state index in [2.05, 4.69) is 5.16 Å². The lowest BCUT2D eigenvalue weighted by Gasteiger charge is -1.79. The number of rotatable bonds is 1. The maximum atomic E-state index is 9.82. The van der Waals surface area contributed by atoms with Gasteiger partial charge in [0.1, 0.15) is 0 Å². The van der Waals surface area contributed by atoms with E-state index in [0.29, 0.717) is 0 Å². The summed E-state index contributed by atoms with van der Waals surface area (Å²) >= 11 is 0. The lowest BCUT2D eigenvalue weighted by Crippen LogP contribution is -1.95. The molecule has 0 fully saturated rings. The number of carbonyl (C=O) groups is 1. The van der Waals surface area contributed by atoms with Crippen LogP contribution in [-0.2, 0) is 4.79 Å². The van der Waals surface area contributed by atoms with Crippen LogP contribution in [0.15, 0.2) is 10.7 Å². The fraction of sp³-hybridized carbons (Fsp3) is 0.250. The smallest absolute Gasteiger partial charge is 0.340 e. The second-order valence-electron chi connectivity index (χ2n) is 1.14. The van der Waals surface area contributed by atoms with Crippen LogP contribution in [0.25, 0.3) is 0 Å². The van der Waals surface area contributed by atoms with Gasteiger partial charge >= 0.3 is 5.97 Å². The monoisotopic (exact) mass is 115 g/mol. The minimum Gasteiger partial charge on any atom is -0.477 e. The molecule has 44 valence electrons. The number of nitrogens with zero attached hydrogens (tertiary/aromatic N) is 1. The van der Waals surface area contributed by atoms with Crippen molar-refractivity contribution >= 4 is 11.8 Å². The van der Waals surface area contributed by atoms with E-state index in [-0.39, 0.29) is 5.57 Å². The van der Waals surface area contributed by atoms with Crippen LogP contribution < -0.4 is 0 Å². The molecule has 0 bridgehead atoms. The minimum atomic E-state index is -1.14. The molecule has 0 heterocycles. The van der Waals surface area contributed by atoms with Gasteiger partial charge in [-0.25, -0.2) is 4.79 Å². The van der Waals surface area contributed by atoms with E-state index >= 15 is 0 Å². The minimum absolute atomic E-state index is 0.118. The molecule has 0 aromatic heterocycles. The van der Waals surface area contributed by atoms with Crippen LogP contribution >= 0.6 is 0 Å². The Morgan fingerprint density at radius 3 is 2.38 bits per heavy atom. The second kappa shape index (κ2) is 2.82. The summed E-state index contributed by atoms with van der Waals surface area (Å²) in [5, 5.41) is 18.1. The standard InChI is InChI=1S/C4H5NO3/c1-3(2-5-8)4(6)7/h8H,1H3,(H,6,7). The Labute approximate surface area is 45.7 Å². The molecule has 0 saturated heterocycles. The van der Waals surface area contributed by atoms with Crippen LogP contribution in [0.4, 0.5) is 0 Å². The maximum absolute atomic E-state index is 9.82. The van der Waals surface area contributed by atoms with E-state index in [1.807, 2.05) is 5.87 Å². The Morgan fingerprint density at radius 2 is 2.25 bits per heavy atom. The Kier molecular flexibility index (Phi) is 2.37. The molecule has 0 rings (SSSR count). The van der Waals surface area contributed by atoms with Gasteiger partial charge in [-0.2, -0.15) is 0 Å².